The first kappa shape index (κ1) is 16.0. The van der Waals surface area contributed by atoms with Gasteiger partial charge in [0.1, 0.15) is 0 Å². The van der Waals surface area contributed by atoms with E-state index in [0.717, 1.165) is 23.6 Å². The largest absolute Gasteiger partial charge is 0.354 e. The molecule has 1 atom stereocenters. The molecule has 0 heterocycles. The minimum Gasteiger partial charge on any atom is -0.354 e. The summed E-state index contributed by atoms with van der Waals surface area (Å²) in [5.74, 6) is 0.716. The number of benzene rings is 1. The van der Waals surface area contributed by atoms with Gasteiger partial charge in [0.2, 0.25) is 5.91 Å². The van der Waals surface area contributed by atoms with Crippen LogP contribution in [-0.2, 0) is 11.3 Å². The normalized spacial score (nSPS) is 12.7. The Hall–Kier alpha value is -2.04. The Bertz CT molecular complexity index is 471. The zero-order valence-electron chi connectivity index (χ0n) is 12.7. The summed E-state index contributed by atoms with van der Waals surface area (Å²) in [6.07, 6.45) is 1.04. The van der Waals surface area contributed by atoms with Crippen LogP contribution in [0.1, 0.15) is 32.8 Å². The van der Waals surface area contributed by atoms with E-state index in [4.69, 9.17) is 0 Å². The number of guanidine groups is 1. The number of anilines is 1. The van der Waals surface area contributed by atoms with E-state index >= 15 is 0 Å². The smallest absolute Gasteiger partial charge is 0.221 e. The summed E-state index contributed by atoms with van der Waals surface area (Å²) in [5, 5.41) is 9.34. The van der Waals surface area contributed by atoms with Crippen molar-refractivity contribution in [2.24, 2.45) is 4.99 Å². The van der Waals surface area contributed by atoms with Crippen molar-refractivity contribution in [2.45, 2.75) is 39.8 Å². The Morgan fingerprint density at radius 2 is 2.15 bits per heavy atom. The van der Waals surface area contributed by atoms with E-state index in [1.165, 1.54) is 6.92 Å². The van der Waals surface area contributed by atoms with E-state index in [2.05, 4.69) is 34.8 Å². The third-order valence-electron chi connectivity index (χ3n) is 2.93. The molecular formula is C15H24N4O. The topological polar surface area (TPSA) is 65.5 Å². The summed E-state index contributed by atoms with van der Waals surface area (Å²) in [7, 11) is 1.76. The average Bonchev–Trinajstić information content (AvgIpc) is 2.42. The van der Waals surface area contributed by atoms with Crippen molar-refractivity contribution in [2.75, 3.05) is 12.4 Å². The van der Waals surface area contributed by atoms with Gasteiger partial charge in [-0.1, -0.05) is 19.1 Å². The number of hydrogen-bond acceptors (Lipinski definition) is 2. The van der Waals surface area contributed by atoms with E-state index < -0.39 is 0 Å². The maximum absolute atomic E-state index is 11.0. The zero-order valence-corrected chi connectivity index (χ0v) is 12.7. The number of carbonyl (C=O) groups excluding carboxylic acids is 1. The van der Waals surface area contributed by atoms with Gasteiger partial charge < -0.3 is 16.0 Å². The van der Waals surface area contributed by atoms with Crippen LogP contribution in [0.2, 0.25) is 0 Å². The third kappa shape index (κ3) is 5.73. The highest BCUT2D eigenvalue weighted by molar-refractivity contribution is 5.88. The molecule has 110 valence electrons. The predicted molar refractivity (Wildman–Crippen MR) is 83.8 cm³/mol. The summed E-state index contributed by atoms with van der Waals surface area (Å²) < 4.78 is 0. The summed E-state index contributed by atoms with van der Waals surface area (Å²) in [6, 6.07) is 8.14. The van der Waals surface area contributed by atoms with E-state index in [0.29, 0.717) is 12.6 Å². The van der Waals surface area contributed by atoms with E-state index in [-0.39, 0.29) is 5.91 Å². The van der Waals surface area contributed by atoms with Crippen LogP contribution in [0.3, 0.4) is 0 Å². The molecule has 0 radical (unpaired) electrons. The zero-order chi connectivity index (χ0) is 15.0. The number of amides is 1. The highest BCUT2D eigenvalue weighted by atomic mass is 16.1. The number of rotatable bonds is 5. The van der Waals surface area contributed by atoms with Crippen molar-refractivity contribution in [3.8, 4) is 0 Å². The Labute approximate surface area is 120 Å². The van der Waals surface area contributed by atoms with Gasteiger partial charge in [-0.2, -0.15) is 0 Å². The molecule has 1 amide bonds. The van der Waals surface area contributed by atoms with Crippen molar-refractivity contribution in [3.63, 3.8) is 0 Å². The average molecular weight is 276 g/mol. The number of hydrogen-bond donors (Lipinski definition) is 3. The van der Waals surface area contributed by atoms with Crippen molar-refractivity contribution in [3.05, 3.63) is 29.8 Å². The molecule has 5 nitrogen and oxygen atoms in total. The molecule has 1 unspecified atom stereocenters. The van der Waals surface area contributed by atoms with E-state index in [9.17, 15) is 4.79 Å². The Morgan fingerprint density at radius 1 is 1.40 bits per heavy atom. The second kappa shape index (κ2) is 8.19. The molecule has 1 aromatic carbocycles. The summed E-state index contributed by atoms with van der Waals surface area (Å²) in [4.78, 5) is 15.2. The summed E-state index contributed by atoms with van der Waals surface area (Å²) in [6.45, 7) is 6.40. The molecule has 0 saturated heterocycles. The lowest BCUT2D eigenvalue weighted by atomic mass is 10.2. The SMILES string of the molecule is CCC(C)NC(=NC)NCc1cccc(NC(C)=O)c1. The summed E-state index contributed by atoms with van der Waals surface area (Å²) >= 11 is 0. The Balaban J connectivity index is 2.58. The van der Waals surface area contributed by atoms with Gasteiger partial charge in [-0.15, -0.1) is 0 Å². The van der Waals surface area contributed by atoms with Gasteiger partial charge in [0.25, 0.3) is 0 Å². The van der Waals surface area contributed by atoms with Crippen molar-refractivity contribution in [1.29, 1.82) is 0 Å². The van der Waals surface area contributed by atoms with E-state index in [1.807, 2.05) is 24.3 Å². The number of nitrogens with one attached hydrogen (secondary N) is 3. The molecule has 3 N–H and O–H groups in total. The molecule has 0 saturated carbocycles. The Kier molecular flexibility index (Phi) is 6.56. The molecule has 0 aliphatic heterocycles. The minimum absolute atomic E-state index is 0.0654. The first-order valence-electron chi connectivity index (χ1n) is 6.88. The standard InChI is InChI=1S/C15H24N4O/c1-5-11(2)18-15(16-4)17-10-13-7-6-8-14(9-13)19-12(3)20/h6-9,11H,5,10H2,1-4H3,(H,19,20)(H2,16,17,18). The molecule has 20 heavy (non-hydrogen) atoms. The van der Waals surface area contributed by atoms with Gasteiger partial charge in [-0.05, 0) is 31.0 Å². The number of nitrogens with zero attached hydrogens (tertiary/aromatic N) is 1. The van der Waals surface area contributed by atoms with Gasteiger partial charge in [0.05, 0.1) is 0 Å². The van der Waals surface area contributed by atoms with Gasteiger partial charge in [0, 0.05) is 32.2 Å². The van der Waals surface area contributed by atoms with Gasteiger partial charge in [-0.25, -0.2) is 0 Å². The molecule has 0 aliphatic rings. The van der Waals surface area contributed by atoms with Crippen LogP contribution < -0.4 is 16.0 Å². The monoisotopic (exact) mass is 276 g/mol. The molecule has 0 aromatic heterocycles. The molecule has 0 aliphatic carbocycles. The number of aliphatic imine (C=N–C) groups is 1. The maximum atomic E-state index is 11.0. The Morgan fingerprint density at radius 3 is 2.75 bits per heavy atom. The molecule has 1 aromatic rings. The van der Waals surface area contributed by atoms with Crippen LogP contribution in [0, 0.1) is 0 Å². The van der Waals surface area contributed by atoms with Crippen molar-refractivity contribution < 1.29 is 4.79 Å². The minimum atomic E-state index is -0.0654. The fourth-order valence-corrected chi connectivity index (χ4v) is 1.68. The molecule has 0 fully saturated rings. The van der Waals surface area contributed by atoms with Crippen LogP contribution >= 0.6 is 0 Å². The van der Waals surface area contributed by atoms with Crippen LogP contribution in [0.25, 0.3) is 0 Å². The third-order valence-corrected chi connectivity index (χ3v) is 2.93. The highest BCUT2D eigenvalue weighted by Crippen LogP contribution is 2.10. The molecule has 1 rings (SSSR count). The van der Waals surface area contributed by atoms with Crippen molar-refractivity contribution in [1.82, 2.24) is 10.6 Å². The summed E-state index contributed by atoms with van der Waals surface area (Å²) in [5.41, 5.74) is 1.89. The molecule has 5 heteroatoms. The predicted octanol–water partition coefficient (Wildman–Crippen LogP) is 2.11. The second-order valence-electron chi connectivity index (χ2n) is 4.76. The van der Waals surface area contributed by atoms with Gasteiger partial charge in [-0.3, -0.25) is 9.79 Å². The fraction of sp³-hybridized carbons (Fsp3) is 0.467. The lowest BCUT2D eigenvalue weighted by Gasteiger charge is -2.16. The second-order valence-corrected chi connectivity index (χ2v) is 4.76. The lowest BCUT2D eigenvalue weighted by Crippen LogP contribution is -2.41. The first-order chi connectivity index (χ1) is 9.55. The van der Waals surface area contributed by atoms with Crippen LogP contribution in [0.4, 0.5) is 5.69 Å². The number of carbonyl (C=O) groups is 1. The molecular weight excluding hydrogens is 252 g/mol. The van der Waals surface area contributed by atoms with E-state index in [1.54, 1.807) is 7.05 Å². The highest BCUT2D eigenvalue weighted by Gasteiger charge is 2.03. The van der Waals surface area contributed by atoms with Crippen LogP contribution in [-0.4, -0.2) is 25.0 Å². The lowest BCUT2D eigenvalue weighted by molar-refractivity contribution is -0.114. The first-order valence-corrected chi connectivity index (χ1v) is 6.88. The fourth-order valence-electron chi connectivity index (χ4n) is 1.68. The van der Waals surface area contributed by atoms with Crippen molar-refractivity contribution >= 4 is 17.6 Å². The molecule has 0 spiro atoms. The maximum Gasteiger partial charge on any atom is 0.221 e. The van der Waals surface area contributed by atoms with Gasteiger partial charge >= 0.3 is 0 Å². The van der Waals surface area contributed by atoms with Crippen LogP contribution in [0.5, 0.6) is 0 Å². The van der Waals surface area contributed by atoms with Gasteiger partial charge in [0.15, 0.2) is 5.96 Å². The molecule has 0 bridgehead atoms. The quantitative estimate of drug-likeness (QED) is 0.570. The van der Waals surface area contributed by atoms with Crippen LogP contribution in [0.15, 0.2) is 29.3 Å².